The van der Waals surface area contributed by atoms with Crippen molar-refractivity contribution < 1.29 is 27.4 Å². The van der Waals surface area contributed by atoms with Crippen molar-refractivity contribution in [3.63, 3.8) is 0 Å². The van der Waals surface area contributed by atoms with E-state index in [0.29, 0.717) is 35.1 Å². The highest BCUT2D eigenvalue weighted by Gasteiger charge is 2.45. The van der Waals surface area contributed by atoms with E-state index in [-0.39, 0.29) is 64.5 Å². The Morgan fingerprint density at radius 2 is 1.81 bits per heavy atom. The maximum atomic E-state index is 16.9. The zero-order valence-electron chi connectivity index (χ0n) is 28.0. The van der Waals surface area contributed by atoms with E-state index in [0.717, 1.165) is 38.8 Å². The van der Waals surface area contributed by atoms with Gasteiger partial charge in [0.05, 0.1) is 22.7 Å². The Hall–Kier alpha value is -3.77. The monoisotopic (exact) mass is 668 g/mol. The second-order valence-electron chi connectivity index (χ2n) is 12.7. The topological polar surface area (TPSA) is 95.4 Å². The van der Waals surface area contributed by atoms with Crippen molar-refractivity contribution >= 4 is 27.5 Å². The second-order valence-corrected chi connectivity index (χ2v) is 12.7. The number of aryl methyl sites for hydroxylation is 2. The molecule has 3 unspecified atom stereocenters. The van der Waals surface area contributed by atoms with Crippen molar-refractivity contribution in [3.8, 4) is 23.0 Å². The molecule has 8 nitrogen and oxygen atoms in total. The van der Waals surface area contributed by atoms with E-state index >= 15 is 13.2 Å². The molecule has 3 N–H and O–H groups in total. The lowest BCUT2D eigenvalue weighted by Gasteiger charge is -2.31. The smallest absolute Gasteiger partial charge is 0.319 e. The van der Waals surface area contributed by atoms with Crippen LogP contribution in [0, 0.1) is 11.6 Å². The van der Waals surface area contributed by atoms with E-state index in [2.05, 4.69) is 25.5 Å². The third kappa shape index (κ3) is 6.13. The van der Waals surface area contributed by atoms with Gasteiger partial charge in [0.25, 0.3) is 0 Å². The summed E-state index contributed by atoms with van der Waals surface area (Å²) in [5, 5.41) is 17.3. The summed E-state index contributed by atoms with van der Waals surface area (Å²) in [6.07, 6.45) is 1.62. The van der Waals surface area contributed by atoms with Crippen LogP contribution in [-0.2, 0) is 12.8 Å². The normalized spacial score (nSPS) is 19.7. The number of aromatic hydroxyl groups is 1. The minimum absolute atomic E-state index is 0.0628. The van der Waals surface area contributed by atoms with Gasteiger partial charge in [0.15, 0.2) is 18.4 Å². The van der Waals surface area contributed by atoms with Crippen molar-refractivity contribution in [2.45, 2.75) is 103 Å². The maximum Gasteiger partial charge on any atom is 0.319 e. The number of anilines is 1. The summed E-state index contributed by atoms with van der Waals surface area (Å²) in [5.41, 5.74) is 0.683. The first-order valence-corrected chi connectivity index (χ1v) is 17.2. The van der Waals surface area contributed by atoms with Crippen molar-refractivity contribution in [1.29, 1.82) is 0 Å². The molecule has 3 aliphatic heterocycles. The standard InChI is InChI=1S/C34H38F4N6O2.C2H6/c1-3-20-22(35)8-7-18-15-19(45)16-21(26(18)20)29-28(37)30-27-23(39-29)9-10-24(31(38)41-25(36)4-2)40-32(27)43-33(42-30)46-17-34-11-5-13-44(34)14-6-12-34;1-2/h7-8,15-16,24-25,31,41,45H,3-6,9-14,17H2,1-2H3,(H,40,42,43);1-2H3. The van der Waals surface area contributed by atoms with Crippen LogP contribution in [0.3, 0.4) is 0 Å². The third-order valence-corrected chi connectivity index (χ3v) is 9.95. The Balaban J connectivity index is 0.00000197. The Morgan fingerprint density at radius 1 is 1.06 bits per heavy atom. The molecule has 2 aromatic carbocycles. The predicted octanol–water partition coefficient (Wildman–Crippen LogP) is 7.74. The highest BCUT2D eigenvalue weighted by Crippen LogP contribution is 2.42. The number of phenolic OH excluding ortho intramolecular Hbond substituents is 1. The molecule has 0 bridgehead atoms. The molecule has 48 heavy (non-hydrogen) atoms. The molecule has 3 aliphatic rings. The average molecular weight is 669 g/mol. The molecule has 2 fully saturated rings. The maximum absolute atomic E-state index is 16.9. The van der Waals surface area contributed by atoms with Gasteiger partial charge < -0.3 is 15.2 Å². The highest BCUT2D eigenvalue weighted by atomic mass is 19.2. The molecular weight excluding hydrogens is 624 g/mol. The van der Waals surface area contributed by atoms with E-state index in [1.807, 2.05) is 13.8 Å². The summed E-state index contributed by atoms with van der Waals surface area (Å²) in [6.45, 7) is 9.75. The fourth-order valence-electron chi connectivity index (χ4n) is 7.61. The number of ether oxygens (including phenoxy) is 1. The Morgan fingerprint density at radius 3 is 2.52 bits per heavy atom. The lowest BCUT2D eigenvalue weighted by molar-refractivity contribution is 0.108. The number of pyridine rings is 1. The van der Waals surface area contributed by atoms with Crippen LogP contribution in [0.2, 0.25) is 0 Å². The fraction of sp³-hybridized carbons (Fsp3) is 0.528. The molecule has 3 atom stereocenters. The first-order chi connectivity index (χ1) is 23.2. The van der Waals surface area contributed by atoms with Crippen LogP contribution in [0.25, 0.3) is 32.9 Å². The van der Waals surface area contributed by atoms with Crippen LogP contribution >= 0.6 is 0 Å². The molecule has 7 rings (SSSR count). The van der Waals surface area contributed by atoms with Gasteiger partial charge in [-0.25, -0.2) is 22.5 Å². The average Bonchev–Trinajstić information content (AvgIpc) is 3.62. The largest absolute Gasteiger partial charge is 0.508 e. The zero-order chi connectivity index (χ0) is 34.2. The van der Waals surface area contributed by atoms with Crippen molar-refractivity contribution in [3.05, 3.63) is 47.2 Å². The molecule has 0 amide bonds. The molecule has 2 saturated heterocycles. The zero-order valence-corrected chi connectivity index (χ0v) is 28.0. The SMILES string of the molecule is CC.CCc1c(F)ccc2cc(O)cc(-c3nc4c5c(nc(OCC67CCCN6CCC7)nc5c3F)NC(C(F)NC(F)CC)CC4)c12. The minimum atomic E-state index is -1.77. The molecule has 0 aliphatic carbocycles. The number of alkyl halides is 2. The number of hydrogen-bond donors (Lipinski definition) is 3. The van der Waals surface area contributed by atoms with Gasteiger partial charge in [-0.1, -0.05) is 33.8 Å². The van der Waals surface area contributed by atoms with Gasteiger partial charge in [-0.05, 0) is 99.0 Å². The highest BCUT2D eigenvalue weighted by molar-refractivity contribution is 6.02. The van der Waals surface area contributed by atoms with Crippen LogP contribution in [0.15, 0.2) is 24.3 Å². The Labute approximate surface area is 278 Å². The molecule has 258 valence electrons. The summed E-state index contributed by atoms with van der Waals surface area (Å²) in [4.78, 5) is 16.3. The van der Waals surface area contributed by atoms with Gasteiger partial charge in [-0.3, -0.25) is 10.2 Å². The van der Waals surface area contributed by atoms with Crippen LogP contribution in [0.5, 0.6) is 11.8 Å². The lowest BCUT2D eigenvalue weighted by atomic mass is 9.94. The van der Waals surface area contributed by atoms with Crippen molar-refractivity contribution in [2.75, 3.05) is 25.0 Å². The second kappa shape index (κ2) is 14.0. The van der Waals surface area contributed by atoms with Gasteiger partial charge in [0.1, 0.15) is 35.2 Å². The van der Waals surface area contributed by atoms with Gasteiger partial charge >= 0.3 is 6.01 Å². The third-order valence-electron chi connectivity index (χ3n) is 9.95. The molecular formula is C36H44F4N6O2. The fourth-order valence-corrected chi connectivity index (χ4v) is 7.61. The predicted molar refractivity (Wildman–Crippen MR) is 180 cm³/mol. The summed E-state index contributed by atoms with van der Waals surface area (Å²) in [5.74, 6) is -1.21. The first-order valence-electron chi connectivity index (χ1n) is 17.2. The molecule has 4 aromatic rings. The summed E-state index contributed by atoms with van der Waals surface area (Å²) in [6, 6.07) is 4.78. The molecule has 0 spiro atoms. The molecule has 2 aromatic heterocycles. The number of benzene rings is 2. The summed E-state index contributed by atoms with van der Waals surface area (Å²) < 4.78 is 67.7. The number of nitrogens with one attached hydrogen (secondary N) is 2. The van der Waals surface area contributed by atoms with E-state index in [1.54, 1.807) is 19.9 Å². The summed E-state index contributed by atoms with van der Waals surface area (Å²) >= 11 is 0. The number of rotatable bonds is 9. The number of aromatic nitrogens is 3. The molecule has 5 heterocycles. The van der Waals surface area contributed by atoms with Gasteiger partial charge in [0, 0.05) is 5.56 Å². The van der Waals surface area contributed by atoms with Crippen LogP contribution in [-0.4, -0.2) is 68.8 Å². The molecule has 0 radical (unpaired) electrons. The van der Waals surface area contributed by atoms with Crippen LogP contribution < -0.4 is 15.4 Å². The Kier molecular flexibility index (Phi) is 9.94. The van der Waals surface area contributed by atoms with Gasteiger partial charge in [-0.15, -0.1) is 0 Å². The van der Waals surface area contributed by atoms with Crippen molar-refractivity contribution in [1.82, 2.24) is 25.2 Å². The number of nitrogens with zero attached hydrogens (tertiary/aromatic N) is 4. The van der Waals surface area contributed by atoms with E-state index in [9.17, 15) is 9.50 Å². The number of hydrogen-bond acceptors (Lipinski definition) is 8. The number of phenols is 1. The summed E-state index contributed by atoms with van der Waals surface area (Å²) in [7, 11) is 0. The van der Waals surface area contributed by atoms with Crippen LogP contribution in [0.4, 0.5) is 23.4 Å². The molecule has 12 heteroatoms. The molecule has 0 saturated carbocycles. The number of halogens is 4. The van der Waals surface area contributed by atoms with Crippen LogP contribution in [0.1, 0.15) is 77.5 Å². The lowest BCUT2D eigenvalue weighted by Crippen LogP contribution is -2.44. The quantitative estimate of drug-likeness (QED) is 0.123. The van der Waals surface area contributed by atoms with E-state index < -0.39 is 30.3 Å². The van der Waals surface area contributed by atoms with Gasteiger partial charge in [0.2, 0.25) is 0 Å². The number of fused-ring (bicyclic) bond motifs is 2. The Bertz CT molecular complexity index is 1800. The van der Waals surface area contributed by atoms with Gasteiger partial charge in [-0.2, -0.15) is 9.97 Å². The van der Waals surface area contributed by atoms with E-state index in [4.69, 9.17) is 9.72 Å². The van der Waals surface area contributed by atoms with E-state index in [1.165, 1.54) is 18.2 Å². The minimum Gasteiger partial charge on any atom is -0.508 e. The first kappa shape index (κ1) is 34.1. The van der Waals surface area contributed by atoms with Crippen molar-refractivity contribution in [2.24, 2.45) is 0 Å².